The summed E-state index contributed by atoms with van der Waals surface area (Å²) in [5.74, 6) is -21.8. The minimum absolute atomic E-state index is 0.0257. The van der Waals surface area contributed by atoms with Gasteiger partial charge in [-0.25, -0.2) is 0 Å². The number of carbonyl (C=O) groups excluding carboxylic acids is 13. The number of Topliss-reactive ketones (excluding diaryl/α,β-unsaturated/α-hetero) is 5. The Hall–Kier alpha value is -13.2. The quantitative estimate of drug-likeness (QED) is 0.00476. The lowest BCUT2D eigenvalue weighted by molar-refractivity contribution is -0.433. The molecular weight excluding hydrogens is 1860 g/mol. The van der Waals surface area contributed by atoms with E-state index in [1.807, 2.05) is 71.1 Å². The number of hydrogen-bond donors (Lipinski definition) is 11. The predicted octanol–water partition coefficient (Wildman–Crippen LogP) is 9.72. The van der Waals surface area contributed by atoms with Gasteiger partial charge in [0.15, 0.2) is 28.8 Å². The minimum Gasteiger partial charge on any atom is -0.481 e. The third-order valence-corrected chi connectivity index (χ3v) is 26.4. The number of carboxylic acid groups (broad SMARTS) is 5. The molecule has 3 aromatic rings. The molecule has 0 unspecified atom stereocenters. The van der Waals surface area contributed by atoms with Crippen molar-refractivity contribution in [1.29, 1.82) is 0 Å². The topological polar surface area (TPSA) is 566 Å². The van der Waals surface area contributed by atoms with E-state index in [2.05, 4.69) is 93.2 Å². The zero-order chi connectivity index (χ0) is 105. The molecule has 4 heterocycles. The number of allylic oxidation sites excluding steroid dienone is 8. The summed E-state index contributed by atoms with van der Waals surface area (Å²) in [6, 6.07) is 10.9. The molecule has 142 heavy (non-hydrogen) atoms. The van der Waals surface area contributed by atoms with Crippen LogP contribution in [0.15, 0.2) is 131 Å². The number of carboxylic acids is 5. The summed E-state index contributed by atoms with van der Waals surface area (Å²) >= 11 is 0. The number of nitrogens with zero attached hydrogens (tertiary/aromatic N) is 5. The van der Waals surface area contributed by atoms with Gasteiger partial charge in [0.05, 0.1) is 46.7 Å². The van der Waals surface area contributed by atoms with E-state index < -0.39 is 261 Å². The van der Waals surface area contributed by atoms with Crippen molar-refractivity contribution in [1.82, 2.24) is 36.4 Å². The highest BCUT2D eigenvalue weighted by Crippen LogP contribution is 2.49. The molecule has 0 aromatic heterocycles. The Morgan fingerprint density at radius 3 is 1.69 bits per heavy atom. The highest BCUT2D eigenvalue weighted by atomic mass is 32.2. The lowest BCUT2D eigenvalue weighted by atomic mass is 9.81. The smallest absolute Gasteiger partial charge is 0.303 e. The molecule has 11 N–H and O–H groups in total. The zero-order valence-electron chi connectivity index (χ0n) is 82.5. The Balaban J connectivity index is 1.02. The standard InChI is InChI=1S/C103H136N10O28S/c1-11-23-83(115)78(56-64(3)4)108-101(136)82-24-21-52-112(82)92(122)63-140-54-22-25-84(116)79(107-100(135)71(36-46-95(127)128)61-86(118)77(39-48-97(131)132)106-99(134)70(35-45-94(125)126)60-85(117)76(38-47-96(129)130)105-98(133)69(34-44-93(123)124)59-72(114)49-53-113-90(120)42-43-91(113)121)58-67-30-32-68(33-31-67)66(6)109-141-55-50-104-89(119)28-19-16-20-51-111-81-41-37-73(142(137,138)139)62-75(81)103(9,10)88(111)27-18-15-13-14-17-26-87-102(7,8)74-57-65(5)29-40-80(74)110(87)12-2/h13-15,17-18,26-27,29-33,37,40-43,57,62,64,69-71,76-79,82H,11-12,16,19-25,28,34-36,38-39,44-56,58-61,63H2,1-10H3,(H10-,104,105,106,107,108,119,123,124,125,126,127,128,129,130,131,132,133,134,135,136,137,138,139)/p+1/b109-66+/t69-,70-,71-,76+,77+,78-,79-,82-/m0/s1. The van der Waals surface area contributed by atoms with E-state index in [0.717, 1.165) is 40.5 Å². The van der Waals surface area contributed by atoms with Crippen LogP contribution in [0.25, 0.3) is 0 Å². The Kier molecular flexibility index (Phi) is 45.6. The van der Waals surface area contributed by atoms with Gasteiger partial charge >= 0.3 is 29.8 Å². The van der Waals surface area contributed by atoms with E-state index in [4.69, 9.17) is 9.57 Å². The van der Waals surface area contributed by atoms with Crippen LogP contribution < -0.4 is 31.5 Å². The van der Waals surface area contributed by atoms with Crippen LogP contribution in [0.5, 0.6) is 0 Å². The Bertz CT molecular complexity index is 5450. The molecule has 772 valence electrons. The summed E-state index contributed by atoms with van der Waals surface area (Å²) in [7, 11) is -4.51. The van der Waals surface area contributed by atoms with Gasteiger partial charge in [-0.3, -0.25) is 95.8 Å². The first kappa shape index (κ1) is 116. The zero-order valence-corrected chi connectivity index (χ0v) is 83.3. The molecule has 7 rings (SSSR count). The summed E-state index contributed by atoms with van der Waals surface area (Å²) in [5.41, 5.74) is 7.84. The fraction of sp³-hybridized carbons (Fsp3) is 0.534. The molecule has 0 saturated carbocycles. The number of benzene rings is 3. The monoisotopic (exact) mass is 1990 g/mol. The summed E-state index contributed by atoms with van der Waals surface area (Å²) in [5, 5.41) is 66.2. The van der Waals surface area contributed by atoms with Gasteiger partial charge in [0.25, 0.3) is 21.9 Å². The maximum Gasteiger partial charge on any atom is 0.303 e. The number of likely N-dealkylation sites (tertiary alicyclic amines) is 1. The normalized spacial score (nSPS) is 16.7. The SMILES string of the molecule is CCCC(=O)[C@H](CC(C)C)NC(=O)[C@@H]1CCCN1C(=O)COCCCC(=O)[C@H](Cc1ccc(/C(C)=N/OCCNC(=O)CCCCCN2/C(=C/C=C/C=C/C=C/C3=[N+](CC)c4ccc(C)cc4C3(C)C)C(C)(C)c3cc(S(=O)(=O)O)ccc32)cc1)NC(=O)[C@@H](CCC(=O)O)CC(=O)[C@@H](CCC(=O)O)NC(=O)[C@@H](CCC(=O)O)CC(=O)[C@@H](CCC(=O)O)NC(=O)[C@@H](CCC(=O)O)CC(=O)CCN1C(=O)C=CC1=O. The molecule has 1 fully saturated rings. The van der Waals surface area contributed by atoms with Crippen LogP contribution >= 0.6 is 0 Å². The Labute approximate surface area is 827 Å². The number of rotatable bonds is 65. The van der Waals surface area contributed by atoms with E-state index in [9.17, 15) is 125 Å². The van der Waals surface area contributed by atoms with Crippen LogP contribution in [0.2, 0.25) is 0 Å². The van der Waals surface area contributed by atoms with Gasteiger partial charge in [0.2, 0.25) is 41.1 Å². The van der Waals surface area contributed by atoms with Crippen molar-refractivity contribution in [3.8, 4) is 0 Å². The molecule has 1 saturated heterocycles. The molecular formula is C103H137N10O28S+. The van der Waals surface area contributed by atoms with Crippen LogP contribution in [-0.4, -0.2) is 253 Å². The van der Waals surface area contributed by atoms with Crippen LogP contribution in [0.3, 0.4) is 0 Å². The molecule has 39 heteroatoms. The average Bonchev–Trinajstić information content (AvgIpc) is 1.60. The second kappa shape index (κ2) is 55.9. The van der Waals surface area contributed by atoms with Crippen LogP contribution in [0, 0.1) is 30.6 Å². The molecule has 8 atom stereocenters. The molecule has 38 nitrogen and oxygen atoms in total. The number of unbranched alkanes of at least 4 members (excludes halogenated alkanes) is 2. The first-order valence-corrected chi connectivity index (χ1v) is 49.8. The van der Waals surface area contributed by atoms with E-state index in [-0.39, 0.29) is 86.3 Å². The van der Waals surface area contributed by atoms with E-state index in [1.165, 1.54) is 39.6 Å². The van der Waals surface area contributed by atoms with Gasteiger partial charge in [-0.05, 0) is 171 Å². The van der Waals surface area contributed by atoms with E-state index in [0.29, 0.717) is 68.3 Å². The number of amides is 8. The fourth-order valence-electron chi connectivity index (χ4n) is 17.8. The maximum atomic E-state index is 14.8. The largest absolute Gasteiger partial charge is 0.481 e. The average molecular weight is 2000 g/mol. The number of oxime groups is 1. The molecule has 3 aromatic carbocycles. The third-order valence-electron chi connectivity index (χ3n) is 25.5. The molecule has 8 amide bonds. The molecule has 0 spiro atoms. The van der Waals surface area contributed by atoms with Crippen LogP contribution in [0.1, 0.15) is 251 Å². The van der Waals surface area contributed by atoms with Gasteiger partial charge < -0.3 is 71.5 Å². The van der Waals surface area contributed by atoms with Crippen molar-refractivity contribution < 1.29 is 139 Å². The van der Waals surface area contributed by atoms with E-state index in [1.54, 1.807) is 37.3 Å². The van der Waals surface area contributed by atoms with Crippen LogP contribution in [-0.2, 0) is 123 Å². The number of hydrogen-bond acceptors (Lipinski definition) is 24. The highest BCUT2D eigenvalue weighted by molar-refractivity contribution is 7.85. The summed E-state index contributed by atoms with van der Waals surface area (Å²) in [4.78, 5) is 248. The van der Waals surface area contributed by atoms with Gasteiger partial charge in [-0.2, -0.15) is 13.0 Å². The molecule has 4 aliphatic rings. The summed E-state index contributed by atoms with van der Waals surface area (Å²) in [6.45, 7) is 20.6. The molecule has 0 radical (unpaired) electrons. The fourth-order valence-corrected chi connectivity index (χ4v) is 18.3. The maximum absolute atomic E-state index is 14.8. The van der Waals surface area contributed by atoms with Crippen molar-refractivity contribution in [2.45, 2.75) is 282 Å². The van der Waals surface area contributed by atoms with Crippen molar-refractivity contribution in [3.63, 3.8) is 0 Å². The predicted molar refractivity (Wildman–Crippen MR) is 523 cm³/mol. The number of ether oxygens (including phenoxy) is 1. The number of aryl methyl sites for hydroxylation is 1. The van der Waals surface area contributed by atoms with Crippen molar-refractivity contribution >= 4 is 139 Å². The number of imide groups is 1. The number of anilines is 1. The second-order valence-electron chi connectivity index (χ2n) is 37.7. The molecule has 0 aliphatic carbocycles. The summed E-state index contributed by atoms with van der Waals surface area (Å²) < 4.78 is 42.9. The molecule has 0 bridgehead atoms. The van der Waals surface area contributed by atoms with Crippen molar-refractivity contribution in [2.24, 2.45) is 28.8 Å². The van der Waals surface area contributed by atoms with Gasteiger partial charge in [0.1, 0.15) is 31.6 Å². The first-order valence-electron chi connectivity index (χ1n) is 48.4. The van der Waals surface area contributed by atoms with Gasteiger partial charge in [-0.15, -0.1) is 0 Å². The lowest BCUT2D eigenvalue weighted by Crippen LogP contribution is -2.51. The third kappa shape index (κ3) is 35.8. The van der Waals surface area contributed by atoms with Crippen LogP contribution in [0.4, 0.5) is 11.4 Å². The number of fused-ring (bicyclic) bond motifs is 2. The molecule has 4 aliphatic heterocycles. The lowest BCUT2D eigenvalue weighted by Gasteiger charge is -2.27. The first-order chi connectivity index (χ1) is 67.1. The number of aliphatic carboxylic acids is 5. The second-order valence-corrected chi connectivity index (χ2v) is 39.1. The highest BCUT2D eigenvalue weighted by Gasteiger charge is 2.46. The number of carbonyl (C=O) groups is 18. The summed E-state index contributed by atoms with van der Waals surface area (Å²) in [6.07, 6.45) is 9.31. The van der Waals surface area contributed by atoms with Gasteiger partial charge in [-0.1, -0.05) is 112 Å². The number of nitrogens with one attached hydrogen (secondary N) is 5. The minimum atomic E-state index is -4.51. The Morgan fingerprint density at radius 1 is 0.570 bits per heavy atom. The Morgan fingerprint density at radius 2 is 1.13 bits per heavy atom. The van der Waals surface area contributed by atoms with E-state index >= 15 is 0 Å². The number of ketones is 5. The van der Waals surface area contributed by atoms with Crippen molar-refractivity contribution in [2.75, 3.05) is 57.4 Å². The van der Waals surface area contributed by atoms with Gasteiger partial charge in [0, 0.05) is 168 Å². The van der Waals surface area contributed by atoms with Crippen molar-refractivity contribution in [3.05, 3.63) is 149 Å².